The molecule has 1 aromatic carbocycles. The summed E-state index contributed by atoms with van der Waals surface area (Å²) in [7, 11) is 0. The maximum absolute atomic E-state index is 12.9. The Hall–Kier alpha value is -1.95. The molecule has 1 aliphatic heterocycles. The molecule has 0 spiro atoms. The van der Waals surface area contributed by atoms with Crippen molar-refractivity contribution in [2.24, 2.45) is 0 Å². The van der Waals surface area contributed by atoms with Crippen LogP contribution >= 0.6 is 11.3 Å². The van der Waals surface area contributed by atoms with Crippen molar-refractivity contribution < 1.29 is 14.6 Å². The summed E-state index contributed by atoms with van der Waals surface area (Å²) in [6.45, 7) is 1.96. The first-order chi connectivity index (χ1) is 12.8. The maximum atomic E-state index is 12.9. The average molecular weight is 372 g/mol. The van der Waals surface area contributed by atoms with E-state index in [9.17, 15) is 4.79 Å². The molecule has 2 aromatic rings. The van der Waals surface area contributed by atoms with Gasteiger partial charge in [-0.3, -0.25) is 4.79 Å². The standard InChI is InChI=1S/C21H25NO3S/c23-15-6-14-22(13-4-9-17-7-2-1-3-8-17)21(24)20-12-11-19(26-20)18-10-5-16-25-18/h1-4,7-9,11-12,18,23H,5-6,10,13-16H2. The summed E-state index contributed by atoms with van der Waals surface area (Å²) in [5.74, 6) is 0.0189. The van der Waals surface area contributed by atoms with Gasteiger partial charge in [-0.2, -0.15) is 0 Å². The van der Waals surface area contributed by atoms with Gasteiger partial charge in [0.2, 0.25) is 0 Å². The predicted octanol–water partition coefficient (Wildman–Crippen LogP) is 4.14. The molecule has 3 rings (SSSR count). The lowest BCUT2D eigenvalue weighted by atomic mass is 10.2. The van der Waals surface area contributed by atoms with E-state index in [4.69, 9.17) is 9.84 Å². The largest absolute Gasteiger partial charge is 0.396 e. The molecule has 1 amide bonds. The van der Waals surface area contributed by atoms with Crippen molar-refractivity contribution in [1.29, 1.82) is 0 Å². The van der Waals surface area contributed by atoms with Crippen molar-refractivity contribution in [3.05, 3.63) is 63.9 Å². The molecule has 0 saturated carbocycles. The van der Waals surface area contributed by atoms with E-state index in [0.29, 0.717) is 19.5 Å². The SMILES string of the molecule is O=C(c1ccc(C2CCCO2)s1)N(CC=Cc1ccccc1)CCCO. The van der Waals surface area contributed by atoms with Gasteiger partial charge in [0.05, 0.1) is 11.0 Å². The molecule has 0 radical (unpaired) electrons. The van der Waals surface area contributed by atoms with Crippen molar-refractivity contribution >= 4 is 23.3 Å². The fraction of sp³-hybridized carbons (Fsp3) is 0.381. The Balaban J connectivity index is 1.66. The smallest absolute Gasteiger partial charge is 0.264 e. The first-order valence-corrected chi connectivity index (χ1v) is 9.92. The van der Waals surface area contributed by atoms with Gasteiger partial charge in [-0.1, -0.05) is 42.5 Å². The van der Waals surface area contributed by atoms with Crippen LogP contribution in [0.1, 0.15) is 45.5 Å². The summed E-state index contributed by atoms with van der Waals surface area (Å²) in [5.41, 5.74) is 1.11. The second-order valence-electron chi connectivity index (χ2n) is 6.35. The molecular formula is C21H25NO3S. The molecule has 1 saturated heterocycles. The molecule has 4 nitrogen and oxygen atoms in total. The molecule has 0 aliphatic carbocycles. The first kappa shape index (κ1) is 18.8. The number of carbonyl (C=O) groups is 1. The van der Waals surface area contributed by atoms with E-state index >= 15 is 0 Å². The first-order valence-electron chi connectivity index (χ1n) is 9.11. The van der Waals surface area contributed by atoms with Crippen LogP contribution in [0.5, 0.6) is 0 Å². The van der Waals surface area contributed by atoms with Gasteiger partial charge < -0.3 is 14.7 Å². The lowest BCUT2D eigenvalue weighted by Crippen LogP contribution is -2.32. The summed E-state index contributed by atoms with van der Waals surface area (Å²) in [5, 5.41) is 9.15. The Kier molecular flexibility index (Phi) is 7.00. The molecule has 1 unspecified atom stereocenters. The number of rotatable bonds is 8. The highest BCUT2D eigenvalue weighted by molar-refractivity contribution is 7.14. The fourth-order valence-corrected chi connectivity index (χ4v) is 4.08. The molecular weight excluding hydrogens is 346 g/mol. The number of thiophene rings is 1. The van der Waals surface area contributed by atoms with Crippen LogP contribution in [-0.4, -0.2) is 42.2 Å². The third-order valence-corrected chi connectivity index (χ3v) is 5.56. The summed E-state index contributed by atoms with van der Waals surface area (Å²) in [4.78, 5) is 16.6. The monoisotopic (exact) mass is 371 g/mol. The molecule has 1 atom stereocenters. The van der Waals surface area contributed by atoms with Gasteiger partial charge in [-0.05, 0) is 37.0 Å². The van der Waals surface area contributed by atoms with E-state index in [1.807, 2.05) is 54.6 Å². The highest BCUT2D eigenvalue weighted by Crippen LogP contribution is 2.33. The van der Waals surface area contributed by atoms with Gasteiger partial charge >= 0.3 is 0 Å². The van der Waals surface area contributed by atoms with E-state index in [1.54, 1.807) is 4.90 Å². The third-order valence-electron chi connectivity index (χ3n) is 4.39. The topological polar surface area (TPSA) is 49.8 Å². The summed E-state index contributed by atoms with van der Waals surface area (Å²) in [6, 6.07) is 13.9. The zero-order valence-electron chi connectivity index (χ0n) is 14.8. The Labute approximate surface area is 158 Å². The lowest BCUT2D eigenvalue weighted by molar-refractivity contribution is 0.0769. The maximum Gasteiger partial charge on any atom is 0.264 e. The van der Waals surface area contributed by atoms with E-state index in [0.717, 1.165) is 34.8 Å². The van der Waals surface area contributed by atoms with Crippen LogP contribution in [0.25, 0.3) is 6.08 Å². The number of hydrogen-bond donors (Lipinski definition) is 1. The second kappa shape index (κ2) is 9.67. The number of hydrogen-bond acceptors (Lipinski definition) is 4. The van der Waals surface area contributed by atoms with Gasteiger partial charge in [-0.15, -0.1) is 11.3 Å². The molecule has 5 heteroatoms. The highest BCUT2D eigenvalue weighted by Gasteiger charge is 2.22. The number of amides is 1. The zero-order valence-corrected chi connectivity index (χ0v) is 15.7. The van der Waals surface area contributed by atoms with Crippen LogP contribution in [0.4, 0.5) is 0 Å². The van der Waals surface area contributed by atoms with E-state index < -0.39 is 0 Å². The van der Waals surface area contributed by atoms with Crippen molar-refractivity contribution in [3.8, 4) is 0 Å². The number of nitrogens with zero attached hydrogens (tertiary/aromatic N) is 1. The number of benzene rings is 1. The van der Waals surface area contributed by atoms with Crippen LogP contribution in [0.2, 0.25) is 0 Å². The van der Waals surface area contributed by atoms with E-state index in [-0.39, 0.29) is 18.6 Å². The van der Waals surface area contributed by atoms with Gasteiger partial charge in [0.15, 0.2) is 0 Å². The minimum absolute atomic E-state index is 0.0189. The Morgan fingerprint density at radius 2 is 2.12 bits per heavy atom. The number of ether oxygens (including phenoxy) is 1. The summed E-state index contributed by atoms with van der Waals surface area (Å²) >= 11 is 1.53. The predicted molar refractivity (Wildman–Crippen MR) is 105 cm³/mol. The van der Waals surface area contributed by atoms with Gasteiger partial charge in [0.25, 0.3) is 5.91 Å². The Morgan fingerprint density at radius 1 is 1.27 bits per heavy atom. The minimum Gasteiger partial charge on any atom is -0.396 e. The summed E-state index contributed by atoms with van der Waals surface area (Å²) in [6.07, 6.45) is 6.85. The zero-order chi connectivity index (χ0) is 18.2. The van der Waals surface area contributed by atoms with Gasteiger partial charge in [-0.25, -0.2) is 0 Å². The Morgan fingerprint density at radius 3 is 2.85 bits per heavy atom. The van der Waals surface area contributed by atoms with Crippen LogP contribution in [0.3, 0.4) is 0 Å². The molecule has 1 aromatic heterocycles. The molecule has 2 heterocycles. The molecule has 0 bridgehead atoms. The van der Waals surface area contributed by atoms with E-state index in [1.165, 1.54) is 11.3 Å². The van der Waals surface area contributed by atoms with Crippen LogP contribution in [-0.2, 0) is 4.74 Å². The number of carbonyl (C=O) groups excluding carboxylic acids is 1. The number of aliphatic hydroxyl groups excluding tert-OH is 1. The van der Waals surface area contributed by atoms with Crippen LogP contribution in [0, 0.1) is 0 Å². The van der Waals surface area contributed by atoms with E-state index in [2.05, 4.69) is 0 Å². The molecule has 1 fully saturated rings. The Bertz CT molecular complexity index is 720. The highest BCUT2D eigenvalue weighted by atomic mass is 32.1. The van der Waals surface area contributed by atoms with Crippen LogP contribution in [0.15, 0.2) is 48.5 Å². The van der Waals surface area contributed by atoms with Gasteiger partial charge in [0, 0.05) is 31.2 Å². The number of aliphatic hydroxyl groups is 1. The second-order valence-corrected chi connectivity index (χ2v) is 7.46. The fourth-order valence-electron chi connectivity index (χ4n) is 3.02. The molecule has 138 valence electrons. The molecule has 1 N–H and O–H groups in total. The minimum atomic E-state index is 0.0189. The average Bonchev–Trinajstić information content (AvgIpc) is 3.36. The van der Waals surface area contributed by atoms with Crippen LogP contribution < -0.4 is 0 Å². The van der Waals surface area contributed by atoms with Gasteiger partial charge in [0.1, 0.15) is 0 Å². The van der Waals surface area contributed by atoms with Crippen molar-refractivity contribution in [2.45, 2.75) is 25.4 Å². The molecule has 26 heavy (non-hydrogen) atoms. The van der Waals surface area contributed by atoms with Crippen molar-refractivity contribution in [2.75, 3.05) is 26.3 Å². The van der Waals surface area contributed by atoms with Crippen molar-refractivity contribution in [1.82, 2.24) is 4.90 Å². The quantitative estimate of drug-likeness (QED) is 0.759. The molecule has 1 aliphatic rings. The summed E-state index contributed by atoms with van der Waals surface area (Å²) < 4.78 is 5.71. The lowest BCUT2D eigenvalue weighted by Gasteiger charge is -2.20. The third kappa shape index (κ3) is 5.04. The van der Waals surface area contributed by atoms with Crippen molar-refractivity contribution in [3.63, 3.8) is 0 Å². The normalized spacial score (nSPS) is 17.0.